The normalized spacial score (nSPS) is 10.9. The number of rotatable bonds is 3. The molecule has 0 fully saturated rings. The molecule has 0 unspecified atom stereocenters. The highest BCUT2D eigenvalue weighted by molar-refractivity contribution is 7.19. The van der Waals surface area contributed by atoms with Gasteiger partial charge in [-0.1, -0.05) is 18.2 Å². The minimum atomic E-state index is -0.730. The third-order valence-electron chi connectivity index (χ3n) is 2.81. The molecule has 1 N–H and O–H groups in total. The predicted octanol–water partition coefficient (Wildman–Crippen LogP) is 3.54. The second kappa shape index (κ2) is 4.26. The quantitative estimate of drug-likeness (QED) is 0.882. The molecule has 2 rings (SSSR count). The van der Waals surface area contributed by atoms with E-state index in [1.807, 2.05) is 6.07 Å². The lowest BCUT2D eigenvalue weighted by atomic mass is 10.0. The monoisotopic (exact) mass is 234 g/mol. The van der Waals surface area contributed by atoms with Crippen LogP contribution in [-0.2, 0) is 11.2 Å². The van der Waals surface area contributed by atoms with Crippen LogP contribution in [0.1, 0.15) is 22.4 Å². The highest BCUT2D eigenvalue weighted by Crippen LogP contribution is 2.33. The van der Waals surface area contributed by atoms with Gasteiger partial charge in [-0.15, -0.1) is 11.3 Å². The van der Waals surface area contributed by atoms with E-state index < -0.39 is 5.97 Å². The molecule has 84 valence electrons. The van der Waals surface area contributed by atoms with E-state index in [-0.39, 0.29) is 6.42 Å². The molecule has 1 aromatic carbocycles. The largest absolute Gasteiger partial charge is 0.481 e. The summed E-state index contributed by atoms with van der Waals surface area (Å²) in [5, 5.41) is 9.96. The van der Waals surface area contributed by atoms with Crippen LogP contribution in [-0.4, -0.2) is 11.1 Å². The summed E-state index contributed by atoms with van der Waals surface area (Å²) in [4.78, 5) is 11.9. The average molecular weight is 234 g/mol. The third-order valence-corrected chi connectivity index (χ3v) is 4.10. The maximum absolute atomic E-state index is 10.6. The maximum atomic E-state index is 10.6. The number of aryl methyl sites for hydroxylation is 3. The van der Waals surface area contributed by atoms with Gasteiger partial charge in [-0.3, -0.25) is 4.79 Å². The molecule has 0 bridgehead atoms. The Morgan fingerprint density at radius 1 is 1.38 bits per heavy atom. The van der Waals surface area contributed by atoms with E-state index in [1.165, 1.54) is 26.1 Å². The summed E-state index contributed by atoms with van der Waals surface area (Å²) >= 11 is 1.76. The minimum absolute atomic E-state index is 0.209. The second-order valence-corrected chi connectivity index (χ2v) is 5.21. The van der Waals surface area contributed by atoms with E-state index in [1.54, 1.807) is 11.3 Å². The number of carbonyl (C=O) groups is 1. The Labute approximate surface area is 98.5 Å². The summed E-state index contributed by atoms with van der Waals surface area (Å²) in [7, 11) is 0. The first-order valence-corrected chi connectivity index (χ1v) is 6.10. The summed E-state index contributed by atoms with van der Waals surface area (Å²) in [5.41, 5.74) is 2.47. The molecule has 3 heteroatoms. The molecule has 0 aliphatic rings. The molecular weight excluding hydrogens is 220 g/mol. The Morgan fingerprint density at radius 2 is 2.12 bits per heavy atom. The van der Waals surface area contributed by atoms with Crippen molar-refractivity contribution >= 4 is 27.4 Å². The lowest BCUT2D eigenvalue weighted by Gasteiger charge is -1.99. The van der Waals surface area contributed by atoms with Crippen molar-refractivity contribution < 1.29 is 9.90 Å². The van der Waals surface area contributed by atoms with Crippen LogP contribution in [0.2, 0.25) is 0 Å². The van der Waals surface area contributed by atoms with Gasteiger partial charge in [-0.05, 0) is 36.8 Å². The van der Waals surface area contributed by atoms with Crippen molar-refractivity contribution in [2.45, 2.75) is 26.7 Å². The van der Waals surface area contributed by atoms with Gasteiger partial charge in [0.1, 0.15) is 0 Å². The number of hydrogen-bond acceptors (Lipinski definition) is 2. The number of hydrogen-bond donors (Lipinski definition) is 1. The van der Waals surface area contributed by atoms with Crippen molar-refractivity contribution in [1.82, 2.24) is 0 Å². The molecule has 0 radical (unpaired) electrons. The van der Waals surface area contributed by atoms with E-state index in [9.17, 15) is 4.79 Å². The Bertz CT molecular complexity index is 540. The zero-order chi connectivity index (χ0) is 11.7. The summed E-state index contributed by atoms with van der Waals surface area (Å²) in [6.07, 6.45) is 0.839. The highest BCUT2D eigenvalue weighted by Gasteiger charge is 2.11. The van der Waals surface area contributed by atoms with Crippen molar-refractivity contribution in [1.29, 1.82) is 0 Å². The van der Waals surface area contributed by atoms with Crippen LogP contribution in [0.15, 0.2) is 18.2 Å². The molecule has 0 saturated carbocycles. The van der Waals surface area contributed by atoms with Gasteiger partial charge in [-0.25, -0.2) is 0 Å². The lowest BCUT2D eigenvalue weighted by molar-refractivity contribution is -0.136. The van der Waals surface area contributed by atoms with Gasteiger partial charge in [0.05, 0.1) is 0 Å². The average Bonchev–Trinajstić information content (AvgIpc) is 2.53. The van der Waals surface area contributed by atoms with Crippen LogP contribution in [0, 0.1) is 13.8 Å². The fraction of sp³-hybridized carbons (Fsp3) is 0.308. The fourth-order valence-electron chi connectivity index (χ4n) is 1.97. The van der Waals surface area contributed by atoms with Crippen LogP contribution < -0.4 is 0 Å². The van der Waals surface area contributed by atoms with Crippen LogP contribution in [0.3, 0.4) is 0 Å². The predicted molar refractivity (Wildman–Crippen MR) is 67.3 cm³/mol. The summed E-state index contributed by atoms with van der Waals surface area (Å²) in [6, 6.07) is 6.22. The van der Waals surface area contributed by atoms with Crippen molar-refractivity contribution in [2.75, 3.05) is 0 Å². The Morgan fingerprint density at radius 3 is 2.81 bits per heavy atom. The van der Waals surface area contributed by atoms with Gasteiger partial charge >= 0.3 is 5.97 Å². The molecule has 0 atom stereocenters. The molecule has 16 heavy (non-hydrogen) atoms. The SMILES string of the molecule is Cc1sc2c(C)cccc2c1CCC(=O)O. The zero-order valence-corrected chi connectivity index (χ0v) is 10.2. The molecule has 0 aliphatic carbocycles. The van der Waals surface area contributed by atoms with Gasteiger partial charge in [0, 0.05) is 16.0 Å². The number of aliphatic carboxylic acids is 1. The lowest BCUT2D eigenvalue weighted by Crippen LogP contribution is -1.97. The van der Waals surface area contributed by atoms with E-state index in [0.29, 0.717) is 6.42 Å². The van der Waals surface area contributed by atoms with Gasteiger partial charge in [0.2, 0.25) is 0 Å². The number of fused-ring (bicyclic) bond motifs is 1. The van der Waals surface area contributed by atoms with E-state index in [2.05, 4.69) is 26.0 Å². The van der Waals surface area contributed by atoms with Crippen molar-refractivity contribution in [3.63, 3.8) is 0 Å². The van der Waals surface area contributed by atoms with Gasteiger partial charge < -0.3 is 5.11 Å². The first kappa shape index (κ1) is 11.1. The summed E-state index contributed by atoms with van der Waals surface area (Å²) in [5.74, 6) is -0.730. The zero-order valence-electron chi connectivity index (χ0n) is 9.41. The first-order valence-electron chi connectivity index (χ1n) is 5.29. The standard InChI is InChI=1S/C13H14O2S/c1-8-4-3-5-11-10(6-7-12(14)15)9(2)16-13(8)11/h3-5H,6-7H2,1-2H3,(H,14,15). The summed E-state index contributed by atoms with van der Waals surface area (Å²) in [6.45, 7) is 4.17. The number of benzene rings is 1. The topological polar surface area (TPSA) is 37.3 Å². The number of thiophene rings is 1. The minimum Gasteiger partial charge on any atom is -0.481 e. The second-order valence-electron chi connectivity index (χ2n) is 3.98. The maximum Gasteiger partial charge on any atom is 0.303 e. The van der Waals surface area contributed by atoms with E-state index in [0.717, 1.165) is 0 Å². The third kappa shape index (κ3) is 1.95. The van der Waals surface area contributed by atoms with Gasteiger partial charge in [-0.2, -0.15) is 0 Å². The smallest absolute Gasteiger partial charge is 0.303 e. The van der Waals surface area contributed by atoms with Crippen molar-refractivity contribution in [2.24, 2.45) is 0 Å². The summed E-state index contributed by atoms with van der Waals surface area (Å²) < 4.78 is 1.29. The first-order chi connectivity index (χ1) is 7.59. The van der Waals surface area contributed by atoms with E-state index in [4.69, 9.17) is 5.11 Å². The molecule has 0 aliphatic heterocycles. The number of carboxylic acids is 1. The Hall–Kier alpha value is -1.35. The van der Waals surface area contributed by atoms with Gasteiger partial charge in [0.15, 0.2) is 0 Å². The molecule has 0 amide bonds. The number of carboxylic acid groups (broad SMARTS) is 1. The van der Waals surface area contributed by atoms with Crippen molar-refractivity contribution in [3.8, 4) is 0 Å². The molecular formula is C13H14O2S. The van der Waals surface area contributed by atoms with Gasteiger partial charge in [0.25, 0.3) is 0 Å². The Kier molecular flexibility index (Phi) is 2.97. The van der Waals surface area contributed by atoms with Crippen molar-refractivity contribution in [3.05, 3.63) is 34.2 Å². The Balaban J connectivity index is 2.48. The van der Waals surface area contributed by atoms with Crippen LogP contribution in [0.25, 0.3) is 10.1 Å². The molecule has 1 heterocycles. The molecule has 2 aromatic rings. The van der Waals surface area contributed by atoms with Crippen LogP contribution in [0.4, 0.5) is 0 Å². The van der Waals surface area contributed by atoms with Crippen LogP contribution >= 0.6 is 11.3 Å². The van der Waals surface area contributed by atoms with E-state index >= 15 is 0 Å². The molecule has 0 spiro atoms. The molecule has 1 aromatic heterocycles. The highest BCUT2D eigenvalue weighted by atomic mass is 32.1. The molecule has 2 nitrogen and oxygen atoms in total. The van der Waals surface area contributed by atoms with Crippen LogP contribution in [0.5, 0.6) is 0 Å². The fourth-order valence-corrected chi connectivity index (χ4v) is 3.14. The molecule has 0 saturated heterocycles.